The number of likely N-dealkylation sites (N-methyl/N-ethyl adjacent to an activating group) is 1. The van der Waals surface area contributed by atoms with Gasteiger partial charge in [-0.3, -0.25) is 14.5 Å². The van der Waals surface area contributed by atoms with Crippen molar-refractivity contribution in [3.8, 4) is 11.5 Å². The molecule has 0 aromatic heterocycles. The van der Waals surface area contributed by atoms with E-state index in [1.807, 2.05) is 12.1 Å². The maximum Gasteiger partial charge on any atom is 0.268 e. The molecule has 3 rings (SSSR count). The SMILES string of the molecule is CC1Oc2ccccc2N(CC(=O)N(C)CCOc2ccc(Cl)cc2)C1=O. The first kappa shape index (κ1) is 19.0. The summed E-state index contributed by atoms with van der Waals surface area (Å²) in [7, 11) is 1.69. The van der Waals surface area contributed by atoms with E-state index >= 15 is 0 Å². The number of hydrogen-bond acceptors (Lipinski definition) is 4. The molecule has 0 fully saturated rings. The monoisotopic (exact) mass is 388 g/mol. The number of carbonyl (C=O) groups excluding carboxylic acids is 2. The van der Waals surface area contributed by atoms with E-state index in [2.05, 4.69) is 0 Å². The van der Waals surface area contributed by atoms with Gasteiger partial charge in [-0.15, -0.1) is 0 Å². The second kappa shape index (κ2) is 8.31. The molecular formula is C20H21ClN2O4. The van der Waals surface area contributed by atoms with Gasteiger partial charge in [-0.1, -0.05) is 23.7 Å². The third-order valence-electron chi connectivity index (χ3n) is 4.30. The van der Waals surface area contributed by atoms with Gasteiger partial charge in [0, 0.05) is 12.1 Å². The molecule has 142 valence electrons. The standard InChI is InChI=1S/C20H21ClN2O4/c1-14-20(25)23(17-5-3-4-6-18(17)27-14)13-19(24)22(2)11-12-26-16-9-7-15(21)8-10-16/h3-10,14H,11-13H2,1-2H3. The van der Waals surface area contributed by atoms with E-state index in [1.54, 1.807) is 55.3 Å². The van der Waals surface area contributed by atoms with Crippen LogP contribution in [0, 0.1) is 0 Å². The van der Waals surface area contributed by atoms with Gasteiger partial charge in [-0.2, -0.15) is 0 Å². The highest BCUT2D eigenvalue weighted by molar-refractivity contribution is 6.30. The lowest BCUT2D eigenvalue weighted by molar-refractivity contribution is -0.132. The van der Waals surface area contributed by atoms with Crippen molar-refractivity contribution in [1.29, 1.82) is 0 Å². The van der Waals surface area contributed by atoms with Crippen LogP contribution in [-0.2, 0) is 9.59 Å². The maximum atomic E-state index is 12.6. The quantitative estimate of drug-likeness (QED) is 0.763. The highest BCUT2D eigenvalue weighted by atomic mass is 35.5. The summed E-state index contributed by atoms with van der Waals surface area (Å²) in [6.45, 7) is 2.38. The van der Waals surface area contributed by atoms with Gasteiger partial charge in [0.1, 0.15) is 24.7 Å². The zero-order valence-electron chi connectivity index (χ0n) is 15.2. The van der Waals surface area contributed by atoms with Crippen LogP contribution in [0.5, 0.6) is 11.5 Å². The molecule has 0 spiro atoms. The minimum Gasteiger partial charge on any atom is -0.492 e. The van der Waals surface area contributed by atoms with E-state index in [4.69, 9.17) is 21.1 Å². The van der Waals surface area contributed by atoms with E-state index in [9.17, 15) is 9.59 Å². The number of carbonyl (C=O) groups is 2. The Bertz CT molecular complexity index is 825. The lowest BCUT2D eigenvalue weighted by atomic mass is 10.2. The summed E-state index contributed by atoms with van der Waals surface area (Å²) in [5.41, 5.74) is 0.611. The summed E-state index contributed by atoms with van der Waals surface area (Å²) in [6.07, 6.45) is -0.619. The van der Waals surface area contributed by atoms with E-state index < -0.39 is 6.10 Å². The molecule has 27 heavy (non-hydrogen) atoms. The molecule has 7 heteroatoms. The number of nitrogens with zero attached hydrogens (tertiary/aromatic N) is 2. The first-order chi connectivity index (χ1) is 13.0. The Morgan fingerprint density at radius 2 is 1.93 bits per heavy atom. The van der Waals surface area contributed by atoms with E-state index in [0.29, 0.717) is 35.4 Å². The molecule has 2 aromatic rings. The van der Waals surface area contributed by atoms with Crippen molar-refractivity contribution in [3.05, 3.63) is 53.6 Å². The van der Waals surface area contributed by atoms with E-state index in [0.717, 1.165) is 0 Å². The van der Waals surface area contributed by atoms with Gasteiger partial charge < -0.3 is 14.4 Å². The highest BCUT2D eigenvalue weighted by Crippen LogP contribution is 2.33. The number of halogens is 1. The topological polar surface area (TPSA) is 59.1 Å². The van der Waals surface area contributed by atoms with Crippen LogP contribution in [0.15, 0.2) is 48.5 Å². The molecule has 0 aliphatic carbocycles. The number of ether oxygens (including phenoxy) is 2. The van der Waals surface area contributed by atoms with Crippen molar-refractivity contribution in [2.75, 3.05) is 31.6 Å². The number of para-hydroxylation sites is 2. The summed E-state index contributed by atoms with van der Waals surface area (Å²) in [5.74, 6) is 0.886. The Morgan fingerprint density at radius 3 is 2.67 bits per heavy atom. The fourth-order valence-electron chi connectivity index (χ4n) is 2.73. The average molecular weight is 389 g/mol. The summed E-state index contributed by atoms with van der Waals surface area (Å²) in [4.78, 5) is 28.1. The lowest BCUT2D eigenvalue weighted by Gasteiger charge is -2.33. The zero-order valence-corrected chi connectivity index (χ0v) is 16.0. The van der Waals surface area contributed by atoms with Crippen molar-refractivity contribution >= 4 is 29.1 Å². The predicted octanol–water partition coefficient (Wildman–Crippen LogP) is 2.99. The minimum atomic E-state index is -0.619. The largest absolute Gasteiger partial charge is 0.492 e. The average Bonchev–Trinajstić information content (AvgIpc) is 2.66. The fraction of sp³-hybridized carbons (Fsp3) is 0.300. The summed E-state index contributed by atoms with van der Waals surface area (Å²) in [5, 5.41) is 0.638. The smallest absolute Gasteiger partial charge is 0.268 e. The predicted molar refractivity (Wildman–Crippen MR) is 103 cm³/mol. The lowest BCUT2D eigenvalue weighted by Crippen LogP contribution is -2.49. The molecule has 0 N–H and O–H groups in total. The fourth-order valence-corrected chi connectivity index (χ4v) is 2.86. The first-order valence-corrected chi connectivity index (χ1v) is 9.03. The maximum absolute atomic E-state index is 12.6. The molecular weight excluding hydrogens is 368 g/mol. The number of anilines is 1. The second-order valence-electron chi connectivity index (χ2n) is 6.27. The zero-order chi connectivity index (χ0) is 19.4. The van der Waals surface area contributed by atoms with Crippen LogP contribution >= 0.6 is 11.6 Å². The summed E-state index contributed by atoms with van der Waals surface area (Å²) >= 11 is 5.84. The third-order valence-corrected chi connectivity index (χ3v) is 4.55. The summed E-state index contributed by atoms with van der Waals surface area (Å²) in [6, 6.07) is 14.2. The van der Waals surface area contributed by atoms with E-state index in [-0.39, 0.29) is 18.4 Å². The normalized spacial score (nSPS) is 15.7. The Balaban J connectivity index is 1.57. The van der Waals surface area contributed by atoms with Crippen LogP contribution in [0.25, 0.3) is 0 Å². The third kappa shape index (κ3) is 4.52. The van der Waals surface area contributed by atoms with Crippen LogP contribution in [0.1, 0.15) is 6.92 Å². The molecule has 0 saturated heterocycles. The molecule has 1 unspecified atom stereocenters. The second-order valence-corrected chi connectivity index (χ2v) is 6.71. The molecule has 2 amide bonds. The van der Waals surface area contributed by atoms with Gasteiger partial charge in [-0.05, 0) is 43.3 Å². The van der Waals surface area contributed by atoms with Crippen molar-refractivity contribution in [2.45, 2.75) is 13.0 Å². The Morgan fingerprint density at radius 1 is 1.22 bits per heavy atom. The molecule has 1 heterocycles. The molecule has 0 radical (unpaired) electrons. The van der Waals surface area contributed by atoms with Crippen LogP contribution < -0.4 is 14.4 Å². The molecule has 1 aliphatic rings. The minimum absolute atomic E-state index is 0.0407. The van der Waals surface area contributed by atoms with Crippen LogP contribution in [0.4, 0.5) is 5.69 Å². The molecule has 6 nitrogen and oxygen atoms in total. The molecule has 1 aliphatic heterocycles. The first-order valence-electron chi connectivity index (χ1n) is 8.65. The number of amides is 2. The van der Waals surface area contributed by atoms with E-state index in [1.165, 1.54) is 4.90 Å². The molecule has 0 saturated carbocycles. The Hall–Kier alpha value is -2.73. The van der Waals surface area contributed by atoms with Gasteiger partial charge in [0.15, 0.2) is 6.10 Å². The Labute approximate surface area is 163 Å². The van der Waals surface area contributed by atoms with Crippen molar-refractivity contribution < 1.29 is 19.1 Å². The number of hydrogen-bond donors (Lipinski definition) is 0. The van der Waals surface area contributed by atoms with Crippen molar-refractivity contribution in [1.82, 2.24) is 4.90 Å². The van der Waals surface area contributed by atoms with Crippen molar-refractivity contribution in [3.63, 3.8) is 0 Å². The summed E-state index contributed by atoms with van der Waals surface area (Å²) < 4.78 is 11.2. The van der Waals surface area contributed by atoms with Crippen molar-refractivity contribution in [2.24, 2.45) is 0 Å². The molecule has 2 aromatic carbocycles. The number of benzene rings is 2. The highest BCUT2D eigenvalue weighted by Gasteiger charge is 2.32. The molecule has 0 bridgehead atoms. The molecule has 1 atom stereocenters. The van der Waals surface area contributed by atoms with Gasteiger partial charge in [-0.25, -0.2) is 0 Å². The number of fused-ring (bicyclic) bond motifs is 1. The van der Waals surface area contributed by atoms with Gasteiger partial charge in [0.2, 0.25) is 5.91 Å². The van der Waals surface area contributed by atoms with Gasteiger partial charge in [0.25, 0.3) is 5.91 Å². The van der Waals surface area contributed by atoms with Crippen LogP contribution in [-0.4, -0.2) is 49.6 Å². The number of rotatable bonds is 6. The van der Waals surface area contributed by atoms with Gasteiger partial charge in [0.05, 0.1) is 12.2 Å². The Kier molecular flexibility index (Phi) is 5.86. The van der Waals surface area contributed by atoms with Crippen LogP contribution in [0.3, 0.4) is 0 Å². The van der Waals surface area contributed by atoms with Gasteiger partial charge >= 0.3 is 0 Å². The van der Waals surface area contributed by atoms with Crippen LogP contribution in [0.2, 0.25) is 5.02 Å².